The largest absolute Gasteiger partial charge is 0.378 e. The summed E-state index contributed by atoms with van der Waals surface area (Å²) in [4.78, 5) is 16.3. The summed E-state index contributed by atoms with van der Waals surface area (Å²) < 4.78 is 6.27. The first-order valence-corrected chi connectivity index (χ1v) is 7.55. The van der Waals surface area contributed by atoms with Gasteiger partial charge in [0.05, 0.1) is 23.4 Å². The smallest absolute Gasteiger partial charge is 0.150 e. The van der Waals surface area contributed by atoms with E-state index in [0.29, 0.717) is 5.15 Å². The number of ether oxygens (including phenoxy) is 1. The molecule has 4 heterocycles. The summed E-state index contributed by atoms with van der Waals surface area (Å²) in [5, 5.41) is 1.53. The fourth-order valence-electron chi connectivity index (χ4n) is 2.39. The highest BCUT2D eigenvalue weighted by atomic mass is 35.5. The third-order valence-electron chi connectivity index (χ3n) is 3.39. The number of thiophene rings is 1. The highest BCUT2D eigenvalue weighted by Crippen LogP contribution is 2.35. The summed E-state index contributed by atoms with van der Waals surface area (Å²) in [6, 6.07) is 4.10. The van der Waals surface area contributed by atoms with Gasteiger partial charge < -0.3 is 9.64 Å². The second-order valence-corrected chi connectivity index (χ2v) is 5.92. The Morgan fingerprint density at radius 3 is 2.90 bits per heavy atom. The lowest BCUT2D eigenvalue weighted by Gasteiger charge is -2.27. The molecule has 4 rings (SSSR count). The van der Waals surface area contributed by atoms with Crippen molar-refractivity contribution >= 4 is 49.2 Å². The maximum Gasteiger partial charge on any atom is 0.150 e. The van der Waals surface area contributed by atoms with Crippen molar-refractivity contribution in [2.24, 2.45) is 0 Å². The van der Waals surface area contributed by atoms with Crippen LogP contribution < -0.4 is 4.90 Å². The van der Waals surface area contributed by atoms with Gasteiger partial charge in [0, 0.05) is 18.5 Å². The van der Waals surface area contributed by atoms with Gasteiger partial charge in [0.2, 0.25) is 0 Å². The van der Waals surface area contributed by atoms with Crippen LogP contribution in [0.25, 0.3) is 20.4 Å². The Balaban J connectivity index is 1.86. The van der Waals surface area contributed by atoms with Gasteiger partial charge >= 0.3 is 0 Å². The fourth-order valence-corrected chi connectivity index (χ4v) is 3.64. The Kier molecular flexibility index (Phi) is 2.94. The van der Waals surface area contributed by atoms with E-state index in [9.17, 15) is 0 Å². The molecule has 0 atom stereocenters. The fraction of sp³-hybridized carbons (Fsp3) is 0.308. The van der Waals surface area contributed by atoms with E-state index in [1.54, 1.807) is 11.3 Å². The number of anilines is 1. The lowest BCUT2D eigenvalue weighted by atomic mass is 10.3. The van der Waals surface area contributed by atoms with Crippen LogP contribution in [0.5, 0.6) is 0 Å². The van der Waals surface area contributed by atoms with Crippen LogP contribution in [0.2, 0.25) is 5.15 Å². The molecule has 7 heteroatoms. The van der Waals surface area contributed by atoms with Crippen LogP contribution in [0.3, 0.4) is 0 Å². The van der Waals surface area contributed by atoms with Crippen molar-refractivity contribution in [3.8, 4) is 0 Å². The van der Waals surface area contributed by atoms with E-state index in [4.69, 9.17) is 21.3 Å². The van der Waals surface area contributed by atoms with Crippen molar-refractivity contribution in [3.05, 3.63) is 23.6 Å². The number of hydrogen-bond acceptors (Lipinski definition) is 6. The molecule has 0 spiro atoms. The van der Waals surface area contributed by atoms with Crippen molar-refractivity contribution in [2.75, 3.05) is 31.2 Å². The third-order valence-corrected chi connectivity index (χ3v) is 4.89. The minimum Gasteiger partial charge on any atom is -0.378 e. The van der Waals surface area contributed by atoms with Crippen LogP contribution in [0, 0.1) is 0 Å². The van der Waals surface area contributed by atoms with Crippen LogP contribution in [0.15, 0.2) is 18.5 Å². The van der Waals surface area contributed by atoms with E-state index >= 15 is 0 Å². The Morgan fingerprint density at radius 2 is 2.05 bits per heavy atom. The number of halogens is 1. The molecule has 3 aromatic heterocycles. The predicted octanol–water partition coefficient (Wildman–Crippen LogP) is 2.73. The van der Waals surface area contributed by atoms with E-state index in [0.717, 1.165) is 52.6 Å². The molecule has 0 saturated carbocycles. The van der Waals surface area contributed by atoms with Crippen molar-refractivity contribution < 1.29 is 4.74 Å². The molecule has 5 nitrogen and oxygen atoms in total. The minimum absolute atomic E-state index is 0.492. The van der Waals surface area contributed by atoms with Gasteiger partial charge in [-0.15, -0.1) is 11.3 Å². The normalized spacial score (nSPS) is 16.1. The summed E-state index contributed by atoms with van der Waals surface area (Å²) >= 11 is 7.66. The van der Waals surface area contributed by atoms with Gasteiger partial charge in [-0.05, 0) is 12.1 Å². The Labute approximate surface area is 124 Å². The van der Waals surface area contributed by atoms with E-state index < -0.39 is 0 Å². The molecule has 3 aromatic rings. The Bertz CT molecular complexity index is 784. The first-order chi connectivity index (χ1) is 9.83. The SMILES string of the molecule is Clc1ncnc2c1sc1nc(N3CCOCC3)ccc12. The summed E-state index contributed by atoms with van der Waals surface area (Å²) in [5.74, 6) is 0.983. The molecular weight excluding hydrogens is 296 g/mol. The molecule has 1 fully saturated rings. The standard InChI is InChI=1S/C13H11ClN4OS/c14-12-11-10(15-7-16-12)8-1-2-9(17-13(8)20-11)18-3-5-19-6-4-18/h1-2,7H,3-6H2. The molecule has 1 aliphatic heterocycles. The van der Waals surface area contributed by atoms with Gasteiger partial charge in [-0.25, -0.2) is 15.0 Å². The van der Waals surface area contributed by atoms with Crippen molar-refractivity contribution in [1.29, 1.82) is 0 Å². The molecule has 1 saturated heterocycles. The quantitative estimate of drug-likeness (QED) is 0.647. The number of pyridine rings is 1. The first-order valence-electron chi connectivity index (χ1n) is 6.35. The Morgan fingerprint density at radius 1 is 1.20 bits per heavy atom. The number of fused-ring (bicyclic) bond motifs is 3. The van der Waals surface area contributed by atoms with Crippen LogP contribution in [-0.2, 0) is 4.74 Å². The molecule has 0 aliphatic carbocycles. The highest BCUT2D eigenvalue weighted by Gasteiger charge is 2.15. The predicted molar refractivity (Wildman–Crippen MR) is 80.8 cm³/mol. The zero-order chi connectivity index (χ0) is 13.5. The molecule has 0 bridgehead atoms. The highest BCUT2D eigenvalue weighted by molar-refractivity contribution is 7.25. The summed E-state index contributed by atoms with van der Waals surface area (Å²) in [7, 11) is 0. The minimum atomic E-state index is 0.492. The van der Waals surface area contributed by atoms with Gasteiger partial charge in [-0.1, -0.05) is 11.6 Å². The molecule has 0 radical (unpaired) electrons. The maximum absolute atomic E-state index is 6.12. The number of hydrogen-bond donors (Lipinski definition) is 0. The van der Waals surface area contributed by atoms with Gasteiger partial charge in [-0.3, -0.25) is 0 Å². The first kappa shape index (κ1) is 12.3. The van der Waals surface area contributed by atoms with Crippen molar-refractivity contribution in [2.45, 2.75) is 0 Å². The van der Waals surface area contributed by atoms with E-state index in [1.165, 1.54) is 6.33 Å². The summed E-state index contributed by atoms with van der Waals surface area (Å²) in [5.41, 5.74) is 0.881. The van der Waals surface area contributed by atoms with Crippen LogP contribution in [0.4, 0.5) is 5.82 Å². The Hall–Kier alpha value is -1.50. The second kappa shape index (κ2) is 4.80. The molecule has 20 heavy (non-hydrogen) atoms. The number of nitrogens with zero attached hydrogens (tertiary/aromatic N) is 4. The molecule has 0 unspecified atom stereocenters. The van der Waals surface area contributed by atoms with Crippen molar-refractivity contribution in [1.82, 2.24) is 15.0 Å². The molecule has 102 valence electrons. The maximum atomic E-state index is 6.12. The van der Waals surface area contributed by atoms with Gasteiger partial charge in [-0.2, -0.15) is 0 Å². The lowest BCUT2D eigenvalue weighted by molar-refractivity contribution is 0.122. The van der Waals surface area contributed by atoms with E-state index in [2.05, 4.69) is 20.9 Å². The number of rotatable bonds is 1. The van der Waals surface area contributed by atoms with Gasteiger partial charge in [0.1, 0.15) is 22.1 Å². The van der Waals surface area contributed by atoms with Crippen LogP contribution in [-0.4, -0.2) is 41.3 Å². The van der Waals surface area contributed by atoms with Gasteiger partial charge in [0.25, 0.3) is 0 Å². The van der Waals surface area contributed by atoms with E-state index in [-0.39, 0.29) is 0 Å². The van der Waals surface area contributed by atoms with Crippen molar-refractivity contribution in [3.63, 3.8) is 0 Å². The molecule has 1 aliphatic rings. The average Bonchev–Trinajstić information content (AvgIpc) is 2.87. The summed E-state index contributed by atoms with van der Waals surface area (Å²) in [6.45, 7) is 3.26. The van der Waals surface area contributed by atoms with Crippen LogP contribution in [0.1, 0.15) is 0 Å². The molecular formula is C13H11ClN4OS. The average molecular weight is 307 g/mol. The molecule has 0 aromatic carbocycles. The zero-order valence-corrected chi connectivity index (χ0v) is 12.1. The van der Waals surface area contributed by atoms with Gasteiger partial charge in [0.15, 0.2) is 0 Å². The number of aromatic nitrogens is 3. The van der Waals surface area contributed by atoms with E-state index in [1.807, 2.05) is 6.07 Å². The second-order valence-electron chi connectivity index (χ2n) is 4.57. The topological polar surface area (TPSA) is 51.1 Å². The lowest BCUT2D eigenvalue weighted by Crippen LogP contribution is -2.36. The zero-order valence-electron chi connectivity index (χ0n) is 10.5. The number of morpholine rings is 1. The van der Waals surface area contributed by atoms with Crippen LogP contribution >= 0.6 is 22.9 Å². The molecule has 0 amide bonds. The third kappa shape index (κ3) is 1.91. The summed E-state index contributed by atoms with van der Waals surface area (Å²) in [6.07, 6.45) is 1.49. The monoisotopic (exact) mass is 306 g/mol. The molecule has 0 N–H and O–H groups in total.